The number of hydrogen-bond donors (Lipinski definition) is 1. The SMILES string of the molecule is CCNC1CCCC(S(=O)(=O)CC(=O)OC)C1. The molecule has 0 aromatic rings. The molecule has 1 fully saturated rings. The number of carbonyl (C=O) groups excluding carboxylic acids is 1. The van der Waals surface area contributed by atoms with Gasteiger partial charge >= 0.3 is 5.97 Å². The van der Waals surface area contributed by atoms with Crippen molar-refractivity contribution in [1.29, 1.82) is 0 Å². The van der Waals surface area contributed by atoms with E-state index in [4.69, 9.17) is 0 Å². The molecule has 5 nitrogen and oxygen atoms in total. The predicted molar refractivity (Wildman–Crippen MR) is 65.5 cm³/mol. The Kier molecular flexibility index (Phi) is 5.39. The van der Waals surface area contributed by atoms with Gasteiger partial charge in [0.2, 0.25) is 0 Å². The van der Waals surface area contributed by atoms with Crippen LogP contribution in [0.5, 0.6) is 0 Å². The fraction of sp³-hybridized carbons (Fsp3) is 0.909. The van der Waals surface area contributed by atoms with E-state index in [1.807, 2.05) is 6.92 Å². The molecule has 0 aromatic heterocycles. The number of ether oxygens (including phenoxy) is 1. The van der Waals surface area contributed by atoms with Gasteiger partial charge in [0.25, 0.3) is 0 Å². The molecule has 0 aliphatic heterocycles. The van der Waals surface area contributed by atoms with Crippen molar-refractivity contribution in [2.24, 2.45) is 0 Å². The van der Waals surface area contributed by atoms with Gasteiger partial charge in [-0.15, -0.1) is 0 Å². The van der Waals surface area contributed by atoms with Crippen LogP contribution in [-0.4, -0.2) is 45.1 Å². The zero-order valence-corrected chi connectivity index (χ0v) is 11.3. The lowest BCUT2D eigenvalue weighted by Gasteiger charge is -2.29. The number of methoxy groups -OCH3 is 1. The van der Waals surface area contributed by atoms with Crippen LogP contribution in [0, 0.1) is 0 Å². The Morgan fingerprint density at radius 3 is 2.71 bits per heavy atom. The van der Waals surface area contributed by atoms with Crippen molar-refractivity contribution in [2.75, 3.05) is 19.4 Å². The summed E-state index contributed by atoms with van der Waals surface area (Å²) in [5.41, 5.74) is 0. The van der Waals surface area contributed by atoms with Crippen LogP contribution < -0.4 is 5.32 Å². The van der Waals surface area contributed by atoms with Crippen LogP contribution in [0.4, 0.5) is 0 Å². The fourth-order valence-electron chi connectivity index (χ4n) is 2.29. The number of nitrogens with one attached hydrogen (secondary N) is 1. The molecule has 6 heteroatoms. The smallest absolute Gasteiger partial charge is 0.320 e. The molecule has 0 aromatic carbocycles. The Morgan fingerprint density at radius 2 is 2.12 bits per heavy atom. The lowest BCUT2D eigenvalue weighted by atomic mass is 9.95. The van der Waals surface area contributed by atoms with E-state index in [1.54, 1.807) is 0 Å². The molecule has 1 saturated carbocycles. The first-order valence-electron chi connectivity index (χ1n) is 6.01. The van der Waals surface area contributed by atoms with Crippen molar-refractivity contribution >= 4 is 15.8 Å². The van der Waals surface area contributed by atoms with E-state index in [0.717, 1.165) is 19.4 Å². The van der Waals surface area contributed by atoms with E-state index in [9.17, 15) is 13.2 Å². The number of carbonyl (C=O) groups is 1. The average molecular weight is 263 g/mol. The summed E-state index contributed by atoms with van der Waals surface area (Å²) in [5, 5.41) is 2.87. The van der Waals surface area contributed by atoms with Crippen molar-refractivity contribution in [3.8, 4) is 0 Å². The lowest BCUT2D eigenvalue weighted by molar-refractivity contribution is -0.137. The van der Waals surface area contributed by atoms with Gasteiger partial charge in [-0.05, 0) is 25.8 Å². The number of hydrogen-bond acceptors (Lipinski definition) is 5. The quantitative estimate of drug-likeness (QED) is 0.731. The summed E-state index contributed by atoms with van der Waals surface area (Å²) in [4.78, 5) is 11.1. The summed E-state index contributed by atoms with van der Waals surface area (Å²) in [6.07, 6.45) is 3.16. The van der Waals surface area contributed by atoms with E-state index in [-0.39, 0.29) is 6.04 Å². The highest BCUT2D eigenvalue weighted by Gasteiger charge is 2.33. The van der Waals surface area contributed by atoms with Crippen LogP contribution in [0.2, 0.25) is 0 Å². The van der Waals surface area contributed by atoms with Gasteiger partial charge in [-0.25, -0.2) is 8.42 Å². The van der Waals surface area contributed by atoms with E-state index in [0.29, 0.717) is 12.8 Å². The van der Waals surface area contributed by atoms with Gasteiger partial charge in [-0.1, -0.05) is 13.3 Å². The highest BCUT2D eigenvalue weighted by atomic mass is 32.2. The third-order valence-corrected chi connectivity index (χ3v) is 5.26. The molecule has 0 radical (unpaired) electrons. The lowest BCUT2D eigenvalue weighted by Crippen LogP contribution is -2.40. The third kappa shape index (κ3) is 4.27. The van der Waals surface area contributed by atoms with E-state index >= 15 is 0 Å². The second-order valence-corrected chi connectivity index (χ2v) is 6.71. The monoisotopic (exact) mass is 263 g/mol. The molecule has 2 unspecified atom stereocenters. The fourth-order valence-corrected chi connectivity index (χ4v) is 4.02. The molecular weight excluding hydrogens is 242 g/mol. The van der Waals surface area contributed by atoms with Crippen molar-refractivity contribution in [3.63, 3.8) is 0 Å². The van der Waals surface area contributed by atoms with Crippen molar-refractivity contribution in [1.82, 2.24) is 5.32 Å². The molecule has 2 atom stereocenters. The van der Waals surface area contributed by atoms with Gasteiger partial charge in [0, 0.05) is 6.04 Å². The maximum absolute atomic E-state index is 12.0. The van der Waals surface area contributed by atoms with Crippen molar-refractivity contribution in [3.05, 3.63) is 0 Å². The number of sulfone groups is 1. The van der Waals surface area contributed by atoms with Crippen molar-refractivity contribution in [2.45, 2.75) is 43.9 Å². The number of rotatable bonds is 5. The van der Waals surface area contributed by atoms with Crippen LogP contribution in [-0.2, 0) is 19.4 Å². The standard InChI is InChI=1S/C11H21NO4S/c1-3-12-9-5-4-6-10(7-9)17(14,15)8-11(13)16-2/h9-10,12H,3-8H2,1-2H3. The molecule has 1 rings (SSSR count). The van der Waals surface area contributed by atoms with Crippen LogP contribution >= 0.6 is 0 Å². The normalized spacial score (nSPS) is 25.5. The molecule has 17 heavy (non-hydrogen) atoms. The molecule has 1 N–H and O–H groups in total. The highest BCUT2D eigenvalue weighted by Crippen LogP contribution is 2.24. The van der Waals surface area contributed by atoms with Gasteiger partial charge in [0.05, 0.1) is 12.4 Å². The number of esters is 1. The minimum Gasteiger partial charge on any atom is -0.468 e. The summed E-state index contributed by atoms with van der Waals surface area (Å²) in [7, 11) is -2.15. The topological polar surface area (TPSA) is 72.5 Å². The van der Waals surface area contributed by atoms with Gasteiger partial charge in [0.15, 0.2) is 9.84 Å². The highest BCUT2D eigenvalue weighted by molar-refractivity contribution is 7.92. The van der Waals surface area contributed by atoms with Crippen LogP contribution in [0.15, 0.2) is 0 Å². The molecule has 1 aliphatic rings. The largest absolute Gasteiger partial charge is 0.468 e. The van der Waals surface area contributed by atoms with Crippen LogP contribution in [0.3, 0.4) is 0 Å². The van der Waals surface area contributed by atoms with Crippen LogP contribution in [0.25, 0.3) is 0 Å². The molecule has 0 bridgehead atoms. The first-order chi connectivity index (χ1) is 7.99. The molecular formula is C11H21NO4S. The summed E-state index contributed by atoms with van der Waals surface area (Å²) in [5.74, 6) is -1.16. The Morgan fingerprint density at radius 1 is 1.41 bits per heavy atom. The Bertz CT molecular complexity index is 350. The molecule has 100 valence electrons. The minimum absolute atomic E-state index is 0.256. The second-order valence-electron chi connectivity index (χ2n) is 4.43. The Balaban J connectivity index is 2.61. The van der Waals surface area contributed by atoms with Gasteiger partial charge in [0.1, 0.15) is 5.75 Å². The predicted octanol–water partition coefficient (Wildman–Crippen LogP) is 0.495. The molecule has 0 spiro atoms. The summed E-state index contributed by atoms with van der Waals surface area (Å²) in [6.45, 7) is 2.85. The Hall–Kier alpha value is -0.620. The first kappa shape index (κ1) is 14.4. The van der Waals surface area contributed by atoms with Crippen molar-refractivity contribution < 1.29 is 17.9 Å². The van der Waals surface area contributed by atoms with E-state index in [2.05, 4.69) is 10.1 Å². The average Bonchev–Trinajstić information content (AvgIpc) is 2.29. The summed E-state index contributed by atoms with van der Waals surface area (Å²) >= 11 is 0. The van der Waals surface area contributed by atoms with Gasteiger partial charge in [-0.2, -0.15) is 0 Å². The summed E-state index contributed by atoms with van der Waals surface area (Å²) in [6, 6.07) is 0.256. The zero-order chi connectivity index (χ0) is 12.9. The minimum atomic E-state index is -3.36. The Labute approximate surface area is 103 Å². The van der Waals surface area contributed by atoms with E-state index < -0.39 is 26.8 Å². The molecule has 0 heterocycles. The first-order valence-corrected chi connectivity index (χ1v) is 7.73. The second kappa shape index (κ2) is 6.35. The summed E-state index contributed by atoms with van der Waals surface area (Å²) < 4.78 is 28.4. The van der Waals surface area contributed by atoms with Gasteiger partial charge < -0.3 is 10.1 Å². The van der Waals surface area contributed by atoms with Gasteiger partial charge in [-0.3, -0.25) is 4.79 Å². The molecule has 1 aliphatic carbocycles. The zero-order valence-electron chi connectivity index (χ0n) is 10.4. The third-order valence-electron chi connectivity index (χ3n) is 3.17. The van der Waals surface area contributed by atoms with Crippen LogP contribution in [0.1, 0.15) is 32.6 Å². The molecule has 0 amide bonds. The maximum atomic E-state index is 12.0. The van der Waals surface area contributed by atoms with E-state index in [1.165, 1.54) is 7.11 Å². The maximum Gasteiger partial charge on any atom is 0.320 e. The molecule has 0 saturated heterocycles.